The van der Waals surface area contributed by atoms with Crippen LogP contribution in [0.2, 0.25) is 0 Å². The van der Waals surface area contributed by atoms with E-state index < -0.39 is 10.0 Å². The molecule has 0 N–H and O–H groups in total. The van der Waals surface area contributed by atoms with E-state index in [-0.39, 0.29) is 11.1 Å². The lowest BCUT2D eigenvalue weighted by atomic mass is 9.96. The Labute approximate surface area is 198 Å². The molecule has 0 aliphatic carbocycles. The first-order valence-corrected chi connectivity index (χ1v) is 12.8. The molecular formula is C22H29N9O2S. The zero-order valence-corrected chi connectivity index (χ0v) is 20.6. The van der Waals surface area contributed by atoms with Crippen molar-refractivity contribution < 1.29 is 8.42 Å². The Kier molecular flexibility index (Phi) is 5.74. The Morgan fingerprint density at radius 3 is 2.56 bits per heavy atom. The number of hydrogen-bond acceptors (Lipinski definition) is 7. The van der Waals surface area contributed by atoms with Gasteiger partial charge < -0.3 is 0 Å². The molecule has 1 aromatic carbocycles. The minimum absolute atomic E-state index is 0.0115. The SMILES string of the molecule is CCCN1CCN(S(=O)(=O)c2cnn(C)n2)CC1c1cc2cnn(-c3cnn(C)c3)c2cc1C. The van der Waals surface area contributed by atoms with Crippen molar-refractivity contribution in [2.75, 3.05) is 26.2 Å². The summed E-state index contributed by atoms with van der Waals surface area (Å²) in [4.78, 5) is 3.65. The molecule has 3 aromatic heterocycles. The maximum atomic E-state index is 13.3. The molecule has 1 saturated heterocycles. The number of hydrogen-bond donors (Lipinski definition) is 0. The number of aromatic nitrogens is 7. The van der Waals surface area contributed by atoms with Crippen molar-refractivity contribution in [1.29, 1.82) is 0 Å². The van der Waals surface area contributed by atoms with Crippen LogP contribution in [0.3, 0.4) is 0 Å². The van der Waals surface area contributed by atoms with E-state index >= 15 is 0 Å². The summed E-state index contributed by atoms with van der Waals surface area (Å²) in [6.45, 7) is 6.57. The van der Waals surface area contributed by atoms with E-state index in [1.807, 2.05) is 24.1 Å². The van der Waals surface area contributed by atoms with Crippen LogP contribution in [0.4, 0.5) is 0 Å². The van der Waals surface area contributed by atoms with Crippen LogP contribution in [-0.4, -0.2) is 78.4 Å². The van der Waals surface area contributed by atoms with Crippen molar-refractivity contribution in [3.05, 3.63) is 48.0 Å². The van der Waals surface area contributed by atoms with Crippen LogP contribution in [0, 0.1) is 6.92 Å². The van der Waals surface area contributed by atoms with Gasteiger partial charge in [-0.05, 0) is 43.1 Å². The predicted molar refractivity (Wildman–Crippen MR) is 127 cm³/mol. The van der Waals surface area contributed by atoms with Crippen molar-refractivity contribution in [1.82, 2.24) is 43.8 Å². The van der Waals surface area contributed by atoms with E-state index in [1.165, 1.54) is 15.3 Å². The molecule has 4 aromatic rings. The van der Waals surface area contributed by atoms with Crippen LogP contribution in [0.25, 0.3) is 16.6 Å². The van der Waals surface area contributed by atoms with Crippen molar-refractivity contribution in [3.63, 3.8) is 0 Å². The van der Waals surface area contributed by atoms with Crippen molar-refractivity contribution in [2.45, 2.75) is 31.3 Å². The van der Waals surface area contributed by atoms with Gasteiger partial charge in [0.1, 0.15) is 5.69 Å². The smallest absolute Gasteiger partial charge is 0.264 e. The lowest BCUT2D eigenvalue weighted by Gasteiger charge is -2.41. The van der Waals surface area contributed by atoms with Gasteiger partial charge in [0, 0.05) is 45.2 Å². The molecule has 1 unspecified atom stereocenters. The molecule has 1 atom stereocenters. The van der Waals surface area contributed by atoms with Gasteiger partial charge in [0.05, 0.1) is 30.3 Å². The molecule has 34 heavy (non-hydrogen) atoms. The lowest BCUT2D eigenvalue weighted by molar-refractivity contribution is 0.118. The van der Waals surface area contributed by atoms with E-state index in [0.717, 1.165) is 40.7 Å². The van der Waals surface area contributed by atoms with Crippen molar-refractivity contribution in [3.8, 4) is 5.69 Å². The number of nitrogens with zero attached hydrogens (tertiary/aromatic N) is 9. The molecule has 1 aliphatic heterocycles. The summed E-state index contributed by atoms with van der Waals surface area (Å²) < 4.78 is 31.7. The lowest BCUT2D eigenvalue weighted by Crippen LogP contribution is -2.50. The summed E-state index contributed by atoms with van der Waals surface area (Å²) in [6, 6.07) is 4.22. The minimum Gasteiger partial charge on any atom is -0.294 e. The zero-order valence-electron chi connectivity index (χ0n) is 19.8. The minimum atomic E-state index is -3.72. The number of fused-ring (bicyclic) bond motifs is 1. The van der Waals surface area contributed by atoms with Gasteiger partial charge in [-0.1, -0.05) is 6.92 Å². The highest BCUT2D eigenvalue weighted by Crippen LogP contribution is 2.33. The normalized spacial score (nSPS) is 18.2. The summed E-state index contributed by atoms with van der Waals surface area (Å²) in [5.74, 6) is 0. The molecule has 4 heterocycles. The van der Waals surface area contributed by atoms with Gasteiger partial charge in [-0.25, -0.2) is 13.1 Å². The number of benzene rings is 1. The van der Waals surface area contributed by atoms with Gasteiger partial charge in [0.15, 0.2) is 0 Å². The highest BCUT2D eigenvalue weighted by Gasteiger charge is 2.36. The van der Waals surface area contributed by atoms with Gasteiger partial charge in [0.2, 0.25) is 5.03 Å². The maximum Gasteiger partial charge on any atom is 0.264 e. The first kappa shape index (κ1) is 22.7. The van der Waals surface area contributed by atoms with E-state index in [2.05, 4.69) is 51.3 Å². The Balaban J connectivity index is 1.52. The number of sulfonamides is 1. The molecule has 1 fully saturated rings. The topological polar surface area (TPSA) is 107 Å². The monoisotopic (exact) mass is 483 g/mol. The number of piperazine rings is 1. The van der Waals surface area contributed by atoms with Gasteiger partial charge in [-0.3, -0.25) is 9.58 Å². The number of aryl methyl sites for hydroxylation is 3. The first-order chi connectivity index (χ1) is 16.3. The van der Waals surface area contributed by atoms with Crippen LogP contribution in [0.5, 0.6) is 0 Å². The molecule has 0 radical (unpaired) electrons. The second-order valence-electron chi connectivity index (χ2n) is 8.78. The third-order valence-corrected chi connectivity index (χ3v) is 8.13. The van der Waals surface area contributed by atoms with E-state index in [4.69, 9.17) is 0 Å². The van der Waals surface area contributed by atoms with Crippen molar-refractivity contribution >= 4 is 20.9 Å². The fourth-order valence-corrected chi connectivity index (χ4v) is 6.05. The predicted octanol–water partition coefficient (Wildman–Crippen LogP) is 1.65. The van der Waals surface area contributed by atoms with Crippen molar-refractivity contribution in [2.24, 2.45) is 14.1 Å². The van der Waals surface area contributed by atoms with Crippen LogP contribution >= 0.6 is 0 Å². The first-order valence-electron chi connectivity index (χ1n) is 11.4. The third kappa shape index (κ3) is 3.91. The van der Waals surface area contributed by atoms with Crippen LogP contribution in [0.15, 0.2) is 41.9 Å². The van der Waals surface area contributed by atoms with Gasteiger partial charge in [0.25, 0.3) is 10.0 Å². The molecule has 180 valence electrons. The molecule has 11 nitrogen and oxygen atoms in total. The van der Waals surface area contributed by atoms with Crippen LogP contribution in [0.1, 0.15) is 30.5 Å². The van der Waals surface area contributed by atoms with E-state index in [1.54, 1.807) is 17.9 Å². The maximum absolute atomic E-state index is 13.3. The Morgan fingerprint density at radius 2 is 1.88 bits per heavy atom. The molecule has 12 heteroatoms. The fourth-order valence-electron chi connectivity index (χ4n) is 4.72. The zero-order chi connectivity index (χ0) is 24.0. The largest absolute Gasteiger partial charge is 0.294 e. The Morgan fingerprint density at radius 1 is 1.06 bits per heavy atom. The molecule has 0 bridgehead atoms. The summed E-state index contributed by atoms with van der Waals surface area (Å²) in [7, 11) is -0.223. The quantitative estimate of drug-likeness (QED) is 0.410. The standard InChI is InChI=1S/C22H29N9O2S/c1-5-6-29-7-8-30(34(32,33)22-13-24-28(4)26-22)15-21(29)19-10-17-11-25-31(20(17)9-16(19)2)18-12-23-27(3)14-18/h9-14,21H,5-8,15H2,1-4H3. The molecular weight excluding hydrogens is 454 g/mol. The highest BCUT2D eigenvalue weighted by atomic mass is 32.2. The fraction of sp³-hybridized carbons (Fsp3) is 0.455. The second kappa shape index (κ2) is 8.60. The summed E-state index contributed by atoms with van der Waals surface area (Å²) in [5, 5.41) is 17.8. The third-order valence-electron chi connectivity index (χ3n) is 6.40. The molecule has 1 aliphatic rings. The molecule has 0 saturated carbocycles. The van der Waals surface area contributed by atoms with Gasteiger partial charge in [-0.15, -0.1) is 5.10 Å². The Bertz CT molecular complexity index is 1440. The average Bonchev–Trinajstić information content (AvgIpc) is 3.53. The van der Waals surface area contributed by atoms with Gasteiger partial charge >= 0.3 is 0 Å². The van der Waals surface area contributed by atoms with E-state index in [0.29, 0.717) is 19.6 Å². The van der Waals surface area contributed by atoms with E-state index in [9.17, 15) is 8.42 Å². The summed E-state index contributed by atoms with van der Waals surface area (Å²) >= 11 is 0. The van der Waals surface area contributed by atoms with Crippen LogP contribution in [-0.2, 0) is 24.1 Å². The summed E-state index contributed by atoms with van der Waals surface area (Å²) in [5.41, 5.74) is 4.11. The highest BCUT2D eigenvalue weighted by molar-refractivity contribution is 7.89. The number of rotatable bonds is 6. The molecule has 5 rings (SSSR count). The second-order valence-corrected chi connectivity index (χ2v) is 10.7. The van der Waals surface area contributed by atoms with Crippen LogP contribution < -0.4 is 0 Å². The Hall–Kier alpha value is -3.09. The average molecular weight is 484 g/mol. The molecule has 0 spiro atoms. The summed E-state index contributed by atoms with van der Waals surface area (Å²) in [6.07, 6.45) is 7.87. The molecule has 0 amide bonds. The van der Waals surface area contributed by atoms with Gasteiger partial charge in [-0.2, -0.15) is 24.4 Å².